The average molecular weight is 382 g/mol. The van der Waals surface area contributed by atoms with E-state index in [2.05, 4.69) is 5.32 Å². The van der Waals surface area contributed by atoms with E-state index in [9.17, 15) is 14.5 Å². The highest BCUT2D eigenvalue weighted by atomic mass is 127. The summed E-state index contributed by atoms with van der Waals surface area (Å²) in [6.07, 6.45) is 4.22. The van der Waals surface area contributed by atoms with Crippen molar-refractivity contribution in [2.45, 2.75) is 17.6 Å². The summed E-state index contributed by atoms with van der Waals surface area (Å²) in [6, 6.07) is 2.47. The molecule has 0 heterocycles. The van der Waals surface area contributed by atoms with Crippen molar-refractivity contribution in [3.05, 3.63) is 31.6 Å². The molecule has 0 amide bonds. The van der Waals surface area contributed by atoms with Gasteiger partial charge in [0.05, 0.1) is 8.49 Å². The highest BCUT2D eigenvalue weighted by Crippen LogP contribution is 2.47. The van der Waals surface area contributed by atoms with Gasteiger partial charge in [0.15, 0.2) is 0 Å². The number of anilines is 1. The molecule has 1 aromatic rings. The summed E-state index contributed by atoms with van der Waals surface area (Å²) in [4.78, 5) is 10.4. The molecule has 0 aliphatic heterocycles. The monoisotopic (exact) mass is 382 g/mol. The molecule has 0 saturated heterocycles. The molecule has 1 aliphatic rings. The van der Waals surface area contributed by atoms with Crippen LogP contribution < -0.4 is 5.32 Å². The molecule has 0 radical (unpaired) electrons. The van der Waals surface area contributed by atoms with E-state index in [0.717, 1.165) is 12.8 Å². The minimum atomic E-state index is -0.484. The molecule has 4 nitrogen and oxygen atoms in total. The molecule has 0 unspecified atom stereocenters. The molecule has 0 spiro atoms. The molecular formula is C11H12FIN2O2S. The fourth-order valence-electron chi connectivity index (χ4n) is 1.68. The molecule has 1 aromatic carbocycles. The number of hydrogen-bond donors (Lipinski definition) is 1. The van der Waals surface area contributed by atoms with Gasteiger partial charge >= 0.3 is 0 Å². The summed E-state index contributed by atoms with van der Waals surface area (Å²) >= 11 is 3.50. The van der Waals surface area contributed by atoms with Gasteiger partial charge in [-0.3, -0.25) is 10.1 Å². The predicted molar refractivity (Wildman–Crippen MR) is 79.7 cm³/mol. The van der Waals surface area contributed by atoms with Crippen LogP contribution >= 0.6 is 34.4 Å². The first-order valence-corrected chi connectivity index (χ1v) is 7.70. The lowest BCUT2D eigenvalue weighted by Gasteiger charge is -2.14. The van der Waals surface area contributed by atoms with Crippen molar-refractivity contribution >= 4 is 45.7 Å². The minimum Gasteiger partial charge on any atom is -0.378 e. The van der Waals surface area contributed by atoms with Crippen LogP contribution in [0.1, 0.15) is 12.8 Å². The molecule has 1 fully saturated rings. The number of halogens is 2. The second kappa shape index (κ2) is 5.20. The lowest BCUT2D eigenvalue weighted by Crippen LogP contribution is -2.18. The van der Waals surface area contributed by atoms with Crippen LogP contribution in [0.15, 0.2) is 12.1 Å². The number of nitro groups is 1. The molecule has 1 aliphatic carbocycles. The zero-order chi connectivity index (χ0) is 13.3. The number of hydrogen-bond acceptors (Lipinski definition) is 4. The van der Waals surface area contributed by atoms with Gasteiger partial charge in [0, 0.05) is 23.4 Å². The Balaban J connectivity index is 2.20. The summed E-state index contributed by atoms with van der Waals surface area (Å²) in [6.45, 7) is 0.634. The Morgan fingerprint density at radius 3 is 2.78 bits per heavy atom. The Morgan fingerprint density at radius 2 is 2.28 bits per heavy atom. The highest BCUT2D eigenvalue weighted by Gasteiger charge is 2.41. The smallest absolute Gasteiger partial charge is 0.293 e. The summed E-state index contributed by atoms with van der Waals surface area (Å²) in [5, 5.41) is 13.9. The second-order valence-electron chi connectivity index (χ2n) is 4.28. The molecule has 7 heteroatoms. The first-order chi connectivity index (χ1) is 8.47. The normalized spacial score (nSPS) is 16.4. The standard InChI is InChI=1S/C11H12FIN2O2S/c1-18-11(2-3-11)6-14-9-4-7(12)8(13)5-10(9)15(16)17/h4-5,14H,2-3,6H2,1H3. The topological polar surface area (TPSA) is 55.2 Å². The Labute approximate surface area is 122 Å². The molecule has 0 bridgehead atoms. The quantitative estimate of drug-likeness (QED) is 0.480. The molecule has 0 aromatic heterocycles. The first-order valence-electron chi connectivity index (χ1n) is 5.40. The zero-order valence-corrected chi connectivity index (χ0v) is 12.7. The lowest BCUT2D eigenvalue weighted by atomic mass is 10.2. The summed E-state index contributed by atoms with van der Waals surface area (Å²) < 4.78 is 13.9. The lowest BCUT2D eigenvalue weighted by molar-refractivity contribution is -0.384. The van der Waals surface area contributed by atoms with Gasteiger partial charge < -0.3 is 5.32 Å². The van der Waals surface area contributed by atoms with Crippen molar-refractivity contribution in [2.24, 2.45) is 0 Å². The van der Waals surface area contributed by atoms with Gasteiger partial charge in [-0.2, -0.15) is 11.8 Å². The SMILES string of the molecule is CSC1(CNc2cc(F)c(I)cc2[N+](=O)[O-])CC1. The Kier molecular flexibility index (Phi) is 4.00. The van der Waals surface area contributed by atoms with Crippen LogP contribution in [0.5, 0.6) is 0 Å². The number of benzene rings is 1. The largest absolute Gasteiger partial charge is 0.378 e. The fourth-order valence-corrected chi connectivity index (χ4v) is 2.86. The van der Waals surface area contributed by atoms with E-state index < -0.39 is 10.7 Å². The maximum absolute atomic E-state index is 13.5. The molecule has 0 atom stereocenters. The number of thioether (sulfide) groups is 1. The van der Waals surface area contributed by atoms with Crippen LogP contribution in [0.25, 0.3) is 0 Å². The Bertz CT molecular complexity index is 494. The first kappa shape index (κ1) is 13.9. The van der Waals surface area contributed by atoms with Gasteiger partial charge in [-0.15, -0.1) is 0 Å². The highest BCUT2D eigenvalue weighted by molar-refractivity contribution is 14.1. The third-order valence-corrected chi connectivity index (χ3v) is 5.32. The average Bonchev–Trinajstić information content (AvgIpc) is 3.10. The molecule has 18 heavy (non-hydrogen) atoms. The van der Waals surface area contributed by atoms with Gasteiger partial charge in [-0.25, -0.2) is 4.39 Å². The fraction of sp³-hybridized carbons (Fsp3) is 0.455. The molecular weight excluding hydrogens is 370 g/mol. The van der Waals surface area contributed by atoms with Crippen molar-refractivity contribution < 1.29 is 9.31 Å². The van der Waals surface area contributed by atoms with Crippen molar-refractivity contribution in [3.8, 4) is 0 Å². The number of nitro benzene ring substituents is 1. The van der Waals surface area contributed by atoms with Gasteiger partial charge in [0.25, 0.3) is 5.69 Å². The van der Waals surface area contributed by atoms with E-state index >= 15 is 0 Å². The van der Waals surface area contributed by atoms with Crippen LogP contribution in [-0.2, 0) is 0 Å². The van der Waals surface area contributed by atoms with E-state index in [-0.39, 0.29) is 19.7 Å². The molecule has 1 saturated carbocycles. The van der Waals surface area contributed by atoms with Gasteiger partial charge in [0.2, 0.25) is 0 Å². The third-order valence-electron chi connectivity index (χ3n) is 3.08. The van der Waals surface area contributed by atoms with E-state index in [1.54, 1.807) is 34.4 Å². The Hall–Kier alpha value is -0.570. The van der Waals surface area contributed by atoms with Crippen molar-refractivity contribution in [1.82, 2.24) is 0 Å². The Morgan fingerprint density at radius 1 is 1.61 bits per heavy atom. The predicted octanol–water partition coefficient (Wildman–Crippen LogP) is 3.65. The molecule has 1 N–H and O–H groups in total. The van der Waals surface area contributed by atoms with Crippen LogP contribution in [0.2, 0.25) is 0 Å². The van der Waals surface area contributed by atoms with Crippen molar-refractivity contribution in [2.75, 3.05) is 18.1 Å². The van der Waals surface area contributed by atoms with Gasteiger partial charge in [-0.05, 0) is 41.7 Å². The summed E-state index contributed by atoms with van der Waals surface area (Å²) in [5.74, 6) is -0.433. The van der Waals surface area contributed by atoms with Crippen LogP contribution in [0, 0.1) is 19.5 Å². The van der Waals surface area contributed by atoms with Gasteiger partial charge in [0.1, 0.15) is 11.5 Å². The van der Waals surface area contributed by atoms with E-state index in [1.165, 1.54) is 12.1 Å². The number of nitrogens with zero attached hydrogens (tertiary/aromatic N) is 1. The van der Waals surface area contributed by atoms with Gasteiger partial charge in [-0.1, -0.05) is 0 Å². The summed E-state index contributed by atoms with van der Waals surface area (Å²) in [5.41, 5.74) is 0.191. The maximum Gasteiger partial charge on any atom is 0.293 e. The van der Waals surface area contributed by atoms with Crippen molar-refractivity contribution in [3.63, 3.8) is 0 Å². The third kappa shape index (κ3) is 2.87. The molecule has 2 rings (SSSR count). The van der Waals surface area contributed by atoms with E-state index in [0.29, 0.717) is 6.54 Å². The number of rotatable bonds is 5. The minimum absolute atomic E-state index is 0.0716. The van der Waals surface area contributed by atoms with Crippen molar-refractivity contribution in [1.29, 1.82) is 0 Å². The summed E-state index contributed by atoms with van der Waals surface area (Å²) in [7, 11) is 0. The van der Waals surface area contributed by atoms with Crippen LogP contribution in [0.4, 0.5) is 15.8 Å². The van der Waals surface area contributed by atoms with Crippen LogP contribution in [0.3, 0.4) is 0 Å². The van der Waals surface area contributed by atoms with Crippen LogP contribution in [-0.4, -0.2) is 22.5 Å². The number of nitrogens with one attached hydrogen (secondary N) is 1. The van der Waals surface area contributed by atoms with E-state index in [4.69, 9.17) is 0 Å². The second-order valence-corrected chi connectivity index (χ2v) is 6.72. The molecule has 98 valence electrons. The maximum atomic E-state index is 13.5. The zero-order valence-electron chi connectivity index (χ0n) is 9.70. The van der Waals surface area contributed by atoms with E-state index in [1.807, 2.05) is 6.26 Å².